The van der Waals surface area contributed by atoms with Crippen molar-refractivity contribution >= 4 is 0 Å². The SMILES string of the molecule is Cn1ccnc1CCC(O)CC1CCOC1. The van der Waals surface area contributed by atoms with Gasteiger partial charge in [-0.1, -0.05) is 0 Å². The van der Waals surface area contributed by atoms with Gasteiger partial charge in [-0.15, -0.1) is 0 Å². The highest BCUT2D eigenvalue weighted by Gasteiger charge is 2.19. The lowest BCUT2D eigenvalue weighted by Gasteiger charge is -2.14. The lowest BCUT2D eigenvalue weighted by atomic mass is 9.98. The third-order valence-corrected chi connectivity index (χ3v) is 3.25. The van der Waals surface area contributed by atoms with Crippen LogP contribution in [0.4, 0.5) is 0 Å². The summed E-state index contributed by atoms with van der Waals surface area (Å²) < 4.78 is 7.31. The number of ether oxygens (including phenoxy) is 1. The summed E-state index contributed by atoms with van der Waals surface area (Å²) >= 11 is 0. The first kappa shape index (κ1) is 11.6. The summed E-state index contributed by atoms with van der Waals surface area (Å²) in [5, 5.41) is 9.91. The van der Waals surface area contributed by atoms with Crippen LogP contribution in [-0.4, -0.2) is 34.0 Å². The molecule has 1 aromatic rings. The summed E-state index contributed by atoms with van der Waals surface area (Å²) in [6.07, 6.45) is 7.12. The van der Waals surface area contributed by atoms with Crippen LogP contribution in [0, 0.1) is 5.92 Å². The van der Waals surface area contributed by atoms with Gasteiger partial charge in [0.25, 0.3) is 0 Å². The molecular formula is C12H20N2O2. The Morgan fingerprint density at radius 3 is 3.19 bits per heavy atom. The Bertz CT molecular complexity index is 319. The van der Waals surface area contributed by atoms with E-state index in [2.05, 4.69) is 4.98 Å². The molecule has 0 aromatic carbocycles. The Morgan fingerprint density at radius 2 is 2.56 bits per heavy atom. The van der Waals surface area contributed by atoms with Crippen LogP contribution >= 0.6 is 0 Å². The molecule has 1 saturated heterocycles. The Morgan fingerprint density at radius 1 is 1.69 bits per heavy atom. The fourth-order valence-electron chi connectivity index (χ4n) is 2.20. The van der Waals surface area contributed by atoms with Crippen LogP contribution in [0.15, 0.2) is 12.4 Å². The number of hydrogen-bond acceptors (Lipinski definition) is 3. The fourth-order valence-corrected chi connectivity index (χ4v) is 2.20. The van der Waals surface area contributed by atoms with Crippen LogP contribution in [0.2, 0.25) is 0 Å². The molecule has 4 heteroatoms. The van der Waals surface area contributed by atoms with Gasteiger partial charge in [-0.05, 0) is 25.2 Å². The summed E-state index contributed by atoms with van der Waals surface area (Å²) in [4.78, 5) is 4.25. The van der Waals surface area contributed by atoms with Gasteiger partial charge in [-0.3, -0.25) is 0 Å². The number of hydrogen-bond donors (Lipinski definition) is 1. The lowest BCUT2D eigenvalue weighted by Crippen LogP contribution is -2.15. The number of aliphatic hydroxyl groups is 1. The molecule has 0 radical (unpaired) electrons. The fraction of sp³-hybridized carbons (Fsp3) is 0.750. The van der Waals surface area contributed by atoms with E-state index in [1.807, 2.05) is 17.8 Å². The van der Waals surface area contributed by atoms with Crippen molar-refractivity contribution in [2.75, 3.05) is 13.2 Å². The first-order valence-electron chi connectivity index (χ1n) is 5.97. The summed E-state index contributed by atoms with van der Waals surface area (Å²) in [5.41, 5.74) is 0. The van der Waals surface area contributed by atoms with E-state index in [-0.39, 0.29) is 6.10 Å². The minimum absolute atomic E-state index is 0.219. The molecule has 0 bridgehead atoms. The Balaban J connectivity index is 1.71. The van der Waals surface area contributed by atoms with Gasteiger partial charge < -0.3 is 14.4 Å². The van der Waals surface area contributed by atoms with E-state index in [9.17, 15) is 5.11 Å². The first-order valence-corrected chi connectivity index (χ1v) is 5.97. The van der Waals surface area contributed by atoms with Gasteiger partial charge in [-0.25, -0.2) is 4.98 Å². The molecule has 1 aliphatic heterocycles. The highest BCUT2D eigenvalue weighted by molar-refractivity contribution is 4.91. The second kappa shape index (κ2) is 5.46. The van der Waals surface area contributed by atoms with Gasteiger partial charge in [0.15, 0.2) is 0 Å². The summed E-state index contributed by atoms with van der Waals surface area (Å²) in [6.45, 7) is 1.68. The molecule has 2 atom stereocenters. The van der Waals surface area contributed by atoms with E-state index in [0.29, 0.717) is 5.92 Å². The minimum Gasteiger partial charge on any atom is -0.393 e. The maximum Gasteiger partial charge on any atom is 0.108 e. The monoisotopic (exact) mass is 224 g/mol. The number of aliphatic hydroxyl groups excluding tert-OH is 1. The second-order valence-electron chi connectivity index (χ2n) is 4.61. The first-order chi connectivity index (χ1) is 7.75. The molecule has 1 N–H and O–H groups in total. The Hall–Kier alpha value is -0.870. The normalized spacial score (nSPS) is 22.5. The van der Waals surface area contributed by atoms with Crippen LogP contribution in [-0.2, 0) is 18.2 Å². The standard InChI is InChI=1S/C12H20N2O2/c1-14-6-5-13-12(14)3-2-11(15)8-10-4-7-16-9-10/h5-6,10-11,15H,2-4,7-9H2,1H3. The molecule has 4 nitrogen and oxygen atoms in total. The van der Waals surface area contributed by atoms with E-state index in [4.69, 9.17) is 4.74 Å². The Labute approximate surface area is 96.3 Å². The third kappa shape index (κ3) is 3.06. The summed E-state index contributed by atoms with van der Waals surface area (Å²) in [7, 11) is 1.99. The van der Waals surface area contributed by atoms with E-state index in [1.54, 1.807) is 6.20 Å². The molecule has 0 aliphatic carbocycles. The van der Waals surface area contributed by atoms with Gasteiger partial charge >= 0.3 is 0 Å². The largest absolute Gasteiger partial charge is 0.393 e. The predicted octanol–water partition coefficient (Wildman–Crippen LogP) is 1.14. The van der Waals surface area contributed by atoms with Crippen molar-refractivity contribution in [1.82, 2.24) is 9.55 Å². The van der Waals surface area contributed by atoms with Gasteiger partial charge in [0, 0.05) is 39.1 Å². The molecule has 1 aromatic heterocycles. The van der Waals surface area contributed by atoms with Crippen molar-refractivity contribution in [2.24, 2.45) is 13.0 Å². The zero-order valence-electron chi connectivity index (χ0n) is 9.80. The number of nitrogens with zero attached hydrogens (tertiary/aromatic N) is 2. The van der Waals surface area contributed by atoms with E-state index in [0.717, 1.165) is 44.7 Å². The van der Waals surface area contributed by atoms with Crippen LogP contribution < -0.4 is 0 Å². The minimum atomic E-state index is -0.219. The predicted molar refractivity (Wildman–Crippen MR) is 61.1 cm³/mol. The smallest absolute Gasteiger partial charge is 0.108 e. The highest BCUT2D eigenvalue weighted by Crippen LogP contribution is 2.19. The molecule has 2 heterocycles. The average molecular weight is 224 g/mol. The molecule has 90 valence electrons. The van der Waals surface area contributed by atoms with Crippen molar-refractivity contribution in [2.45, 2.75) is 31.8 Å². The zero-order valence-corrected chi connectivity index (χ0v) is 9.80. The van der Waals surface area contributed by atoms with Crippen molar-refractivity contribution in [3.63, 3.8) is 0 Å². The van der Waals surface area contributed by atoms with Crippen molar-refractivity contribution in [3.05, 3.63) is 18.2 Å². The third-order valence-electron chi connectivity index (χ3n) is 3.25. The van der Waals surface area contributed by atoms with Gasteiger partial charge in [0.1, 0.15) is 5.82 Å². The molecule has 0 saturated carbocycles. The molecule has 2 unspecified atom stereocenters. The number of imidazole rings is 1. The van der Waals surface area contributed by atoms with E-state index < -0.39 is 0 Å². The topological polar surface area (TPSA) is 47.3 Å². The maximum atomic E-state index is 9.91. The van der Waals surface area contributed by atoms with Crippen molar-refractivity contribution in [1.29, 1.82) is 0 Å². The van der Waals surface area contributed by atoms with Gasteiger partial charge in [0.2, 0.25) is 0 Å². The van der Waals surface area contributed by atoms with E-state index in [1.165, 1.54) is 0 Å². The molecule has 1 fully saturated rings. The molecular weight excluding hydrogens is 204 g/mol. The number of aryl methyl sites for hydroxylation is 2. The molecule has 2 rings (SSSR count). The van der Waals surface area contributed by atoms with Crippen LogP contribution in [0.1, 0.15) is 25.1 Å². The van der Waals surface area contributed by atoms with E-state index >= 15 is 0 Å². The Kier molecular flexibility index (Phi) is 3.96. The molecule has 1 aliphatic rings. The van der Waals surface area contributed by atoms with Gasteiger partial charge in [-0.2, -0.15) is 0 Å². The summed E-state index contributed by atoms with van der Waals surface area (Å²) in [6, 6.07) is 0. The van der Waals surface area contributed by atoms with Crippen LogP contribution in [0.5, 0.6) is 0 Å². The molecule has 16 heavy (non-hydrogen) atoms. The van der Waals surface area contributed by atoms with Crippen molar-refractivity contribution < 1.29 is 9.84 Å². The average Bonchev–Trinajstić information content (AvgIpc) is 2.87. The summed E-state index contributed by atoms with van der Waals surface area (Å²) in [5.74, 6) is 1.60. The van der Waals surface area contributed by atoms with Gasteiger partial charge in [0.05, 0.1) is 6.10 Å². The maximum absolute atomic E-state index is 9.91. The number of aromatic nitrogens is 2. The molecule has 0 amide bonds. The zero-order chi connectivity index (χ0) is 11.4. The second-order valence-corrected chi connectivity index (χ2v) is 4.61. The highest BCUT2D eigenvalue weighted by atomic mass is 16.5. The quantitative estimate of drug-likeness (QED) is 0.816. The van der Waals surface area contributed by atoms with Crippen molar-refractivity contribution in [3.8, 4) is 0 Å². The van der Waals surface area contributed by atoms with Crippen LogP contribution in [0.3, 0.4) is 0 Å². The van der Waals surface area contributed by atoms with Crippen LogP contribution in [0.25, 0.3) is 0 Å². The lowest BCUT2D eigenvalue weighted by molar-refractivity contribution is 0.121. The number of rotatable bonds is 5. The molecule has 0 spiro atoms.